The molecular formula is C16H19N3. The van der Waals surface area contributed by atoms with Crippen LogP contribution in [-0.2, 0) is 6.54 Å². The minimum absolute atomic E-state index is 0.342. The quantitative estimate of drug-likeness (QED) is 0.892. The highest BCUT2D eigenvalue weighted by Gasteiger charge is 2.20. The van der Waals surface area contributed by atoms with Crippen molar-refractivity contribution in [2.45, 2.75) is 19.5 Å². The molecule has 3 heteroatoms. The Morgan fingerprint density at radius 2 is 2.11 bits per heavy atom. The molecule has 0 aliphatic carbocycles. The summed E-state index contributed by atoms with van der Waals surface area (Å²) in [6.07, 6.45) is 3.79. The van der Waals surface area contributed by atoms with E-state index in [4.69, 9.17) is 0 Å². The first-order valence-corrected chi connectivity index (χ1v) is 6.81. The summed E-state index contributed by atoms with van der Waals surface area (Å²) in [7, 11) is 0. The lowest BCUT2D eigenvalue weighted by Crippen LogP contribution is -2.31. The van der Waals surface area contributed by atoms with Crippen LogP contribution in [-0.4, -0.2) is 18.1 Å². The van der Waals surface area contributed by atoms with E-state index in [2.05, 4.69) is 52.5 Å². The second-order valence-electron chi connectivity index (χ2n) is 4.96. The fourth-order valence-corrected chi connectivity index (χ4v) is 2.69. The topological polar surface area (TPSA) is 28.2 Å². The standard InChI is InChI=1S/C16H19N3/c1-13(14-6-4-8-17-11-14)19-10-9-18-12-15-5-2-3-7-16(15)19/h2-8,11,13,18H,9-10,12H2,1H3. The van der Waals surface area contributed by atoms with Crippen LogP contribution in [0.2, 0.25) is 0 Å². The summed E-state index contributed by atoms with van der Waals surface area (Å²) in [5.41, 5.74) is 3.97. The van der Waals surface area contributed by atoms with Gasteiger partial charge in [0.1, 0.15) is 0 Å². The molecule has 19 heavy (non-hydrogen) atoms. The van der Waals surface area contributed by atoms with Gasteiger partial charge in [0.2, 0.25) is 0 Å². The Hall–Kier alpha value is -1.87. The molecule has 1 N–H and O–H groups in total. The molecule has 3 rings (SSSR count). The Kier molecular flexibility index (Phi) is 3.47. The van der Waals surface area contributed by atoms with Crippen molar-refractivity contribution in [1.29, 1.82) is 0 Å². The summed E-state index contributed by atoms with van der Waals surface area (Å²) in [6, 6.07) is 13.2. The molecule has 0 fully saturated rings. The maximum atomic E-state index is 4.24. The van der Waals surface area contributed by atoms with Crippen molar-refractivity contribution in [1.82, 2.24) is 10.3 Å². The van der Waals surface area contributed by atoms with E-state index in [-0.39, 0.29) is 0 Å². The van der Waals surface area contributed by atoms with E-state index in [1.54, 1.807) is 0 Å². The molecule has 3 nitrogen and oxygen atoms in total. The van der Waals surface area contributed by atoms with Crippen molar-refractivity contribution in [2.24, 2.45) is 0 Å². The van der Waals surface area contributed by atoms with Crippen LogP contribution in [0.15, 0.2) is 48.8 Å². The highest BCUT2D eigenvalue weighted by molar-refractivity contribution is 5.56. The molecule has 0 saturated carbocycles. The van der Waals surface area contributed by atoms with E-state index >= 15 is 0 Å². The van der Waals surface area contributed by atoms with E-state index in [1.165, 1.54) is 16.8 Å². The first kappa shape index (κ1) is 12.2. The normalized spacial score (nSPS) is 16.6. The van der Waals surface area contributed by atoms with Gasteiger partial charge in [0.15, 0.2) is 0 Å². The molecule has 0 spiro atoms. The summed E-state index contributed by atoms with van der Waals surface area (Å²) in [5.74, 6) is 0. The average Bonchev–Trinajstić information content (AvgIpc) is 2.70. The Labute approximate surface area is 114 Å². The second-order valence-corrected chi connectivity index (χ2v) is 4.96. The molecule has 1 unspecified atom stereocenters. The molecule has 0 radical (unpaired) electrons. The summed E-state index contributed by atoms with van der Waals surface area (Å²) in [5, 5.41) is 3.48. The molecule has 0 bridgehead atoms. The molecule has 1 aliphatic rings. The third-order valence-corrected chi connectivity index (χ3v) is 3.78. The van der Waals surface area contributed by atoms with Crippen LogP contribution in [0, 0.1) is 0 Å². The first-order chi connectivity index (χ1) is 9.36. The van der Waals surface area contributed by atoms with Crippen molar-refractivity contribution in [3.63, 3.8) is 0 Å². The van der Waals surface area contributed by atoms with Crippen molar-refractivity contribution in [3.8, 4) is 0 Å². The number of fused-ring (bicyclic) bond motifs is 1. The largest absolute Gasteiger partial charge is 0.363 e. The number of para-hydroxylation sites is 1. The minimum atomic E-state index is 0.342. The molecule has 0 amide bonds. The lowest BCUT2D eigenvalue weighted by molar-refractivity contribution is 0.637. The van der Waals surface area contributed by atoms with Crippen LogP contribution >= 0.6 is 0 Å². The monoisotopic (exact) mass is 253 g/mol. The molecule has 2 aromatic rings. The Morgan fingerprint density at radius 1 is 1.21 bits per heavy atom. The zero-order valence-electron chi connectivity index (χ0n) is 11.2. The van der Waals surface area contributed by atoms with Gasteiger partial charge in [-0.1, -0.05) is 24.3 Å². The van der Waals surface area contributed by atoms with Crippen molar-refractivity contribution in [3.05, 3.63) is 59.9 Å². The lowest BCUT2D eigenvalue weighted by Gasteiger charge is -2.31. The van der Waals surface area contributed by atoms with Crippen LogP contribution in [0.3, 0.4) is 0 Å². The smallest absolute Gasteiger partial charge is 0.0530 e. The lowest BCUT2D eigenvalue weighted by atomic mass is 10.1. The third kappa shape index (κ3) is 2.47. The number of hydrogen-bond acceptors (Lipinski definition) is 3. The molecular weight excluding hydrogens is 234 g/mol. The number of hydrogen-bond donors (Lipinski definition) is 1. The average molecular weight is 253 g/mol. The van der Waals surface area contributed by atoms with Gasteiger partial charge in [-0.2, -0.15) is 0 Å². The summed E-state index contributed by atoms with van der Waals surface area (Å²) < 4.78 is 0. The SMILES string of the molecule is CC(c1cccnc1)N1CCNCc2ccccc21. The molecule has 98 valence electrons. The van der Waals surface area contributed by atoms with Crippen LogP contribution < -0.4 is 10.2 Å². The van der Waals surface area contributed by atoms with E-state index in [1.807, 2.05) is 18.5 Å². The van der Waals surface area contributed by atoms with Gasteiger partial charge in [-0.05, 0) is 30.2 Å². The Balaban J connectivity index is 1.96. The number of benzene rings is 1. The van der Waals surface area contributed by atoms with Gasteiger partial charge < -0.3 is 10.2 Å². The van der Waals surface area contributed by atoms with Crippen molar-refractivity contribution in [2.75, 3.05) is 18.0 Å². The van der Waals surface area contributed by atoms with E-state index in [0.29, 0.717) is 6.04 Å². The maximum Gasteiger partial charge on any atom is 0.0530 e. The van der Waals surface area contributed by atoms with Crippen LogP contribution in [0.4, 0.5) is 5.69 Å². The summed E-state index contributed by atoms with van der Waals surface area (Å²) in [4.78, 5) is 6.70. The number of nitrogens with one attached hydrogen (secondary N) is 1. The molecule has 1 atom stereocenters. The third-order valence-electron chi connectivity index (χ3n) is 3.78. The predicted octanol–water partition coefficient (Wildman–Crippen LogP) is 2.75. The van der Waals surface area contributed by atoms with E-state index in [9.17, 15) is 0 Å². The zero-order chi connectivity index (χ0) is 13.1. The molecule has 1 aromatic heterocycles. The van der Waals surface area contributed by atoms with Crippen molar-refractivity contribution >= 4 is 5.69 Å². The fourth-order valence-electron chi connectivity index (χ4n) is 2.69. The van der Waals surface area contributed by atoms with Gasteiger partial charge in [0.25, 0.3) is 0 Å². The highest BCUT2D eigenvalue weighted by Crippen LogP contribution is 2.30. The summed E-state index contributed by atoms with van der Waals surface area (Å²) in [6.45, 7) is 5.23. The fraction of sp³-hybridized carbons (Fsp3) is 0.312. The van der Waals surface area contributed by atoms with E-state index < -0.39 is 0 Å². The van der Waals surface area contributed by atoms with Gasteiger partial charge in [0.05, 0.1) is 6.04 Å². The van der Waals surface area contributed by atoms with Gasteiger partial charge >= 0.3 is 0 Å². The molecule has 2 heterocycles. The summed E-state index contributed by atoms with van der Waals surface area (Å²) >= 11 is 0. The molecule has 1 aromatic carbocycles. The number of nitrogens with zero attached hydrogens (tertiary/aromatic N) is 2. The van der Waals surface area contributed by atoms with Gasteiger partial charge in [-0.15, -0.1) is 0 Å². The first-order valence-electron chi connectivity index (χ1n) is 6.81. The molecule has 1 aliphatic heterocycles. The number of aromatic nitrogens is 1. The van der Waals surface area contributed by atoms with Gasteiger partial charge in [0, 0.05) is 37.7 Å². The van der Waals surface area contributed by atoms with E-state index in [0.717, 1.165) is 19.6 Å². The zero-order valence-corrected chi connectivity index (χ0v) is 11.2. The van der Waals surface area contributed by atoms with Crippen LogP contribution in [0.5, 0.6) is 0 Å². The van der Waals surface area contributed by atoms with Crippen LogP contribution in [0.25, 0.3) is 0 Å². The Bertz CT molecular complexity index is 539. The Morgan fingerprint density at radius 3 is 2.95 bits per heavy atom. The second kappa shape index (κ2) is 5.41. The van der Waals surface area contributed by atoms with Crippen LogP contribution in [0.1, 0.15) is 24.1 Å². The molecule has 0 saturated heterocycles. The van der Waals surface area contributed by atoms with Gasteiger partial charge in [-0.25, -0.2) is 0 Å². The predicted molar refractivity (Wildman–Crippen MR) is 78.1 cm³/mol. The van der Waals surface area contributed by atoms with Crippen molar-refractivity contribution < 1.29 is 0 Å². The maximum absolute atomic E-state index is 4.24. The highest BCUT2D eigenvalue weighted by atomic mass is 15.2. The number of anilines is 1. The minimum Gasteiger partial charge on any atom is -0.363 e. The number of pyridine rings is 1. The number of rotatable bonds is 2. The van der Waals surface area contributed by atoms with Gasteiger partial charge in [-0.3, -0.25) is 4.98 Å².